The molecule has 208 valence electrons. The van der Waals surface area contributed by atoms with Crippen molar-refractivity contribution in [2.24, 2.45) is 0 Å². The van der Waals surface area contributed by atoms with Crippen molar-refractivity contribution >= 4 is 34.9 Å². The molecule has 38 heavy (non-hydrogen) atoms. The van der Waals surface area contributed by atoms with Crippen LogP contribution in [0.1, 0.15) is 25.3 Å². The number of carboxylic acids is 1. The predicted octanol–water partition coefficient (Wildman–Crippen LogP) is 3.74. The van der Waals surface area contributed by atoms with E-state index in [-0.39, 0.29) is 11.9 Å². The van der Waals surface area contributed by atoms with Crippen LogP contribution >= 0.6 is 11.6 Å². The highest BCUT2D eigenvalue weighted by atomic mass is 35.5. The Bertz CT molecular complexity index is 1080. The van der Waals surface area contributed by atoms with Gasteiger partial charge in [-0.05, 0) is 55.8 Å². The standard InChI is InChI=1S/C24H31ClN4O2.C2HF3O2/c1-17(30)26-21-4-2-3-5-23(21)29-15-22(24(31)16-29)27-20-10-12-28(13-11-20)14-18-6-8-19(25)9-7-18;3-2(4,5)1(6)7/h2-9,20,22,24,27,31H,10-16H2,1H3,(H,26,30);(H,6,7)/t22-,24-;/m1./s1. The van der Waals surface area contributed by atoms with Crippen molar-refractivity contribution in [2.75, 3.05) is 36.4 Å². The molecule has 4 N–H and O–H groups in total. The zero-order valence-electron chi connectivity index (χ0n) is 20.9. The van der Waals surface area contributed by atoms with E-state index in [9.17, 15) is 23.1 Å². The van der Waals surface area contributed by atoms with Gasteiger partial charge in [0.2, 0.25) is 5.91 Å². The lowest BCUT2D eigenvalue weighted by Crippen LogP contribution is -2.49. The maximum atomic E-state index is 11.5. The molecule has 0 aromatic heterocycles. The molecule has 8 nitrogen and oxygen atoms in total. The number of rotatable bonds is 6. The number of aliphatic carboxylic acids is 1. The molecular weight excluding hydrogens is 525 g/mol. The number of aliphatic hydroxyl groups is 1. The molecule has 0 bridgehead atoms. The Morgan fingerprint density at radius 1 is 1.05 bits per heavy atom. The second kappa shape index (κ2) is 13.3. The van der Waals surface area contributed by atoms with E-state index in [1.807, 2.05) is 36.4 Å². The number of hydrogen-bond acceptors (Lipinski definition) is 6. The van der Waals surface area contributed by atoms with Crippen LogP contribution in [0.4, 0.5) is 24.5 Å². The van der Waals surface area contributed by atoms with E-state index in [1.165, 1.54) is 12.5 Å². The average molecular weight is 557 g/mol. The molecule has 4 rings (SSSR count). The van der Waals surface area contributed by atoms with Gasteiger partial charge >= 0.3 is 12.1 Å². The maximum absolute atomic E-state index is 11.5. The lowest BCUT2D eigenvalue weighted by molar-refractivity contribution is -0.192. The Labute approximate surface area is 224 Å². The van der Waals surface area contributed by atoms with Gasteiger partial charge in [0.25, 0.3) is 0 Å². The maximum Gasteiger partial charge on any atom is 0.490 e. The first kappa shape index (κ1) is 29.7. The molecule has 0 spiro atoms. The second-order valence-electron chi connectivity index (χ2n) is 9.42. The summed E-state index contributed by atoms with van der Waals surface area (Å²) >= 11 is 5.98. The third-order valence-electron chi connectivity index (χ3n) is 6.44. The predicted molar refractivity (Wildman–Crippen MR) is 139 cm³/mol. The van der Waals surface area contributed by atoms with Crippen LogP contribution in [0.2, 0.25) is 5.02 Å². The number of nitrogens with zero attached hydrogens (tertiary/aromatic N) is 2. The second-order valence-corrected chi connectivity index (χ2v) is 9.86. The lowest BCUT2D eigenvalue weighted by atomic mass is 10.0. The number of carbonyl (C=O) groups is 2. The van der Waals surface area contributed by atoms with Gasteiger partial charge in [0.1, 0.15) is 0 Å². The number of halogens is 4. The fourth-order valence-electron chi connectivity index (χ4n) is 4.60. The molecule has 2 fully saturated rings. The molecule has 2 saturated heterocycles. The van der Waals surface area contributed by atoms with Gasteiger partial charge in [-0.25, -0.2) is 4.79 Å². The van der Waals surface area contributed by atoms with E-state index in [1.54, 1.807) is 0 Å². The summed E-state index contributed by atoms with van der Waals surface area (Å²) in [5.41, 5.74) is 3.03. The molecular formula is C26H32ClF3N4O4. The summed E-state index contributed by atoms with van der Waals surface area (Å²) in [5.74, 6) is -2.85. The summed E-state index contributed by atoms with van der Waals surface area (Å²) < 4.78 is 31.7. The summed E-state index contributed by atoms with van der Waals surface area (Å²) in [6, 6.07) is 16.3. The molecule has 2 heterocycles. The van der Waals surface area contributed by atoms with Gasteiger partial charge in [-0.1, -0.05) is 35.9 Å². The summed E-state index contributed by atoms with van der Waals surface area (Å²) in [4.78, 5) is 25.1. The van der Waals surface area contributed by atoms with Crippen LogP contribution in [-0.2, 0) is 16.1 Å². The van der Waals surface area contributed by atoms with E-state index in [0.29, 0.717) is 12.6 Å². The van der Waals surface area contributed by atoms with E-state index in [2.05, 4.69) is 32.6 Å². The number of amides is 1. The normalized spacial score (nSPS) is 20.5. The number of aliphatic hydroxyl groups excluding tert-OH is 1. The number of hydrogen-bond donors (Lipinski definition) is 4. The highest BCUT2D eigenvalue weighted by molar-refractivity contribution is 6.30. The van der Waals surface area contributed by atoms with Crippen LogP contribution in [0.5, 0.6) is 0 Å². The molecule has 0 unspecified atom stereocenters. The number of likely N-dealkylation sites (tertiary alicyclic amines) is 1. The monoisotopic (exact) mass is 556 g/mol. The molecule has 2 atom stereocenters. The summed E-state index contributed by atoms with van der Waals surface area (Å²) in [6.45, 7) is 5.83. The third kappa shape index (κ3) is 8.87. The fourth-order valence-corrected chi connectivity index (χ4v) is 4.73. The van der Waals surface area contributed by atoms with Crippen LogP contribution in [0.15, 0.2) is 48.5 Å². The minimum Gasteiger partial charge on any atom is -0.475 e. The number of carbonyl (C=O) groups excluding carboxylic acids is 1. The Morgan fingerprint density at radius 3 is 2.24 bits per heavy atom. The number of nitrogens with one attached hydrogen (secondary N) is 2. The summed E-state index contributed by atoms with van der Waals surface area (Å²) in [6.07, 6.45) is -3.38. The fraction of sp³-hybridized carbons (Fsp3) is 0.462. The first-order valence-corrected chi connectivity index (χ1v) is 12.6. The van der Waals surface area contributed by atoms with Crippen LogP contribution in [-0.4, -0.2) is 77.5 Å². The van der Waals surface area contributed by atoms with Crippen molar-refractivity contribution in [2.45, 2.75) is 50.7 Å². The molecule has 2 aromatic carbocycles. The van der Waals surface area contributed by atoms with E-state index >= 15 is 0 Å². The SMILES string of the molecule is CC(=O)Nc1ccccc1N1C[C@@H](O)[C@H](NC2CCN(Cc3ccc(Cl)cc3)CC2)C1.O=C(O)C(F)(F)F. The van der Waals surface area contributed by atoms with Gasteiger partial charge in [0, 0.05) is 37.6 Å². The molecule has 0 aliphatic carbocycles. The van der Waals surface area contributed by atoms with Gasteiger partial charge in [0.15, 0.2) is 0 Å². The van der Waals surface area contributed by atoms with Crippen molar-refractivity contribution < 1.29 is 33.0 Å². The zero-order chi connectivity index (χ0) is 27.9. The number of β-amino-alcohol motifs (C(OH)–C–C–N with tert-alkyl or cyclic N) is 1. The Morgan fingerprint density at radius 2 is 1.66 bits per heavy atom. The van der Waals surface area contributed by atoms with Crippen molar-refractivity contribution in [1.82, 2.24) is 10.2 Å². The van der Waals surface area contributed by atoms with Crippen LogP contribution < -0.4 is 15.5 Å². The van der Waals surface area contributed by atoms with Crippen molar-refractivity contribution in [3.63, 3.8) is 0 Å². The molecule has 2 aromatic rings. The van der Waals surface area contributed by atoms with E-state index in [4.69, 9.17) is 21.5 Å². The Hall–Kier alpha value is -2.86. The third-order valence-corrected chi connectivity index (χ3v) is 6.70. The van der Waals surface area contributed by atoms with Gasteiger partial charge in [-0.3, -0.25) is 9.69 Å². The van der Waals surface area contributed by atoms with E-state index < -0.39 is 18.2 Å². The first-order valence-electron chi connectivity index (χ1n) is 12.2. The van der Waals surface area contributed by atoms with Crippen LogP contribution in [0, 0.1) is 0 Å². The minimum absolute atomic E-state index is 0.0261. The lowest BCUT2D eigenvalue weighted by Gasteiger charge is -2.34. The van der Waals surface area contributed by atoms with Crippen molar-refractivity contribution in [3.8, 4) is 0 Å². The molecule has 1 amide bonds. The topological polar surface area (TPSA) is 105 Å². The average Bonchev–Trinajstić information content (AvgIpc) is 3.21. The van der Waals surface area contributed by atoms with Gasteiger partial charge < -0.3 is 25.7 Å². The molecule has 0 radical (unpaired) electrons. The largest absolute Gasteiger partial charge is 0.490 e. The van der Waals surface area contributed by atoms with Crippen LogP contribution in [0.25, 0.3) is 0 Å². The first-order chi connectivity index (χ1) is 17.9. The van der Waals surface area contributed by atoms with Crippen molar-refractivity contribution in [1.29, 1.82) is 0 Å². The van der Waals surface area contributed by atoms with Gasteiger partial charge in [-0.15, -0.1) is 0 Å². The van der Waals surface area contributed by atoms with E-state index in [0.717, 1.165) is 55.4 Å². The Kier molecular flexibility index (Phi) is 10.4. The quantitative estimate of drug-likeness (QED) is 0.430. The summed E-state index contributed by atoms with van der Waals surface area (Å²) in [5, 5.41) is 25.2. The summed E-state index contributed by atoms with van der Waals surface area (Å²) in [7, 11) is 0. The molecule has 2 aliphatic heterocycles. The smallest absolute Gasteiger partial charge is 0.475 e. The van der Waals surface area contributed by atoms with Crippen LogP contribution in [0.3, 0.4) is 0 Å². The highest BCUT2D eigenvalue weighted by Crippen LogP contribution is 2.29. The zero-order valence-corrected chi connectivity index (χ0v) is 21.7. The Balaban J connectivity index is 0.000000505. The molecule has 12 heteroatoms. The van der Waals surface area contributed by atoms with Gasteiger partial charge in [0.05, 0.1) is 23.5 Å². The van der Waals surface area contributed by atoms with Crippen molar-refractivity contribution in [3.05, 3.63) is 59.1 Å². The molecule has 0 saturated carbocycles. The highest BCUT2D eigenvalue weighted by Gasteiger charge is 2.38. The number of carboxylic acid groups (broad SMARTS) is 1. The van der Waals surface area contributed by atoms with Gasteiger partial charge in [-0.2, -0.15) is 13.2 Å². The number of para-hydroxylation sites is 2. The molecule has 2 aliphatic rings. The number of piperidine rings is 1. The number of alkyl halides is 3. The number of benzene rings is 2. The number of anilines is 2. The minimum atomic E-state index is -5.08.